The van der Waals surface area contributed by atoms with Gasteiger partial charge in [0.1, 0.15) is 0 Å². The van der Waals surface area contributed by atoms with Gasteiger partial charge in [-0.1, -0.05) is 71.4 Å². The van der Waals surface area contributed by atoms with Crippen molar-refractivity contribution in [2.75, 3.05) is 6.54 Å². The molecular weight excluding hydrogens is 284 g/mol. The van der Waals surface area contributed by atoms with Gasteiger partial charge in [-0.05, 0) is 30.4 Å². The molecule has 130 valence electrons. The average molecular weight is 319 g/mol. The predicted molar refractivity (Wildman–Crippen MR) is 98.2 cm³/mol. The maximum atomic E-state index is 12.5. The van der Waals surface area contributed by atoms with Crippen LogP contribution in [0.5, 0.6) is 0 Å². The van der Waals surface area contributed by atoms with Gasteiger partial charge in [0.05, 0.1) is 5.66 Å². The number of rotatable bonds is 10. The van der Waals surface area contributed by atoms with E-state index in [2.05, 4.69) is 69.5 Å². The molecule has 3 heteroatoms. The fourth-order valence-corrected chi connectivity index (χ4v) is 2.61. The van der Waals surface area contributed by atoms with Crippen LogP contribution in [-0.2, 0) is 11.2 Å². The summed E-state index contributed by atoms with van der Waals surface area (Å²) in [7, 11) is 0. The highest BCUT2D eigenvalue weighted by Gasteiger charge is 2.30. The Labute approximate surface area is 142 Å². The van der Waals surface area contributed by atoms with E-state index in [0.29, 0.717) is 18.3 Å². The molecule has 0 heterocycles. The highest BCUT2D eigenvalue weighted by Crippen LogP contribution is 2.17. The van der Waals surface area contributed by atoms with E-state index in [-0.39, 0.29) is 11.6 Å². The van der Waals surface area contributed by atoms with E-state index in [1.807, 2.05) is 6.07 Å². The van der Waals surface area contributed by atoms with Gasteiger partial charge in [-0.15, -0.1) is 0 Å². The number of hydrogen-bond donors (Lipinski definition) is 2. The Morgan fingerprint density at radius 2 is 1.78 bits per heavy atom. The number of benzene rings is 1. The summed E-state index contributed by atoms with van der Waals surface area (Å²) in [6.07, 6.45) is 3.30. The van der Waals surface area contributed by atoms with Crippen LogP contribution in [0.4, 0.5) is 0 Å². The summed E-state index contributed by atoms with van der Waals surface area (Å²) < 4.78 is 0. The molecule has 0 fully saturated rings. The van der Waals surface area contributed by atoms with Crippen molar-refractivity contribution in [2.24, 2.45) is 11.8 Å². The maximum Gasteiger partial charge on any atom is 0.221 e. The second kappa shape index (κ2) is 9.71. The van der Waals surface area contributed by atoms with Crippen molar-refractivity contribution >= 4 is 5.91 Å². The maximum absolute atomic E-state index is 12.5. The van der Waals surface area contributed by atoms with Crippen molar-refractivity contribution < 1.29 is 4.79 Å². The quantitative estimate of drug-likeness (QED) is 0.637. The first-order chi connectivity index (χ1) is 10.9. The zero-order valence-electron chi connectivity index (χ0n) is 15.5. The van der Waals surface area contributed by atoms with Crippen LogP contribution in [0.25, 0.3) is 0 Å². The third-order valence-corrected chi connectivity index (χ3v) is 4.41. The third-order valence-electron chi connectivity index (χ3n) is 4.41. The van der Waals surface area contributed by atoms with Gasteiger partial charge in [-0.25, -0.2) is 0 Å². The van der Waals surface area contributed by atoms with Crippen LogP contribution in [-0.4, -0.2) is 18.1 Å². The van der Waals surface area contributed by atoms with Crippen molar-refractivity contribution in [1.82, 2.24) is 10.6 Å². The van der Waals surface area contributed by atoms with Crippen molar-refractivity contribution in [3.63, 3.8) is 0 Å². The third kappa shape index (κ3) is 7.17. The first kappa shape index (κ1) is 19.7. The average Bonchev–Trinajstić information content (AvgIpc) is 2.53. The smallest absolute Gasteiger partial charge is 0.221 e. The Morgan fingerprint density at radius 3 is 2.30 bits per heavy atom. The molecule has 0 aliphatic rings. The lowest BCUT2D eigenvalue weighted by Gasteiger charge is -2.36. The molecule has 1 rings (SSSR count). The molecule has 23 heavy (non-hydrogen) atoms. The Kier molecular flexibility index (Phi) is 8.32. The van der Waals surface area contributed by atoms with Crippen molar-refractivity contribution in [3.05, 3.63) is 35.9 Å². The Hall–Kier alpha value is -1.35. The monoisotopic (exact) mass is 318 g/mol. The molecular formula is C20H34N2O. The molecule has 0 aliphatic carbocycles. The molecule has 1 aromatic carbocycles. The minimum absolute atomic E-state index is 0.147. The normalized spacial score (nSPS) is 15.2. The number of carbonyl (C=O) groups excluding carboxylic acids is 1. The van der Waals surface area contributed by atoms with Crippen LogP contribution >= 0.6 is 0 Å². The van der Waals surface area contributed by atoms with E-state index in [9.17, 15) is 4.79 Å². The molecule has 1 amide bonds. The molecule has 0 radical (unpaired) electrons. The van der Waals surface area contributed by atoms with Gasteiger partial charge in [-0.3, -0.25) is 10.1 Å². The predicted octanol–water partition coefficient (Wildman–Crippen LogP) is 4.13. The summed E-state index contributed by atoms with van der Waals surface area (Å²) in [6.45, 7) is 11.7. The lowest BCUT2D eigenvalue weighted by Crippen LogP contribution is -2.60. The molecule has 0 bridgehead atoms. The molecule has 0 saturated carbocycles. The summed E-state index contributed by atoms with van der Waals surface area (Å²) in [5.41, 5.74) is 0.880. The van der Waals surface area contributed by atoms with Gasteiger partial charge in [0.2, 0.25) is 5.91 Å². The summed E-state index contributed by atoms with van der Waals surface area (Å²) in [5, 5.41) is 6.92. The van der Waals surface area contributed by atoms with Gasteiger partial charge in [0.25, 0.3) is 0 Å². The van der Waals surface area contributed by atoms with Crippen LogP contribution in [0.2, 0.25) is 0 Å². The number of hydrogen-bond acceptors (Lipinski definition) is 2. The van der Waals surface area contributed by atoms with Crippen LogP contribution < -0.4 is 10.6 Å². The van der Waals surface area contributed by atoms with Gasteiger partial charge < -0.3 is 5.32 Å². The van der Waals surface area contributed by atoms with E-state index < -0.39 is 0 Å². The number of amides is 1. The van der Waals surface area contributed by atoms with Crippen LogP contribution in [0.1, 0.15) is 59.4 Å². The molecule has 3 nitrogen and oxygen atoms in total. The highest BCUT2D eigenvalue weighted by molar-refractivity contribution is 5.77. The standard InChI is InChI=1S/C20H34N2O/c1-6-17(5)13-19(23)22-20(7-2,21-15-16(3)4)14-18-11-9-8-10-12-18/h8-12,16-17,21H,6-7,13-15H2,1-5H3,(H,22,23)/t17-,20-/m0/s1. The van der Waals surface area contributed by atoms with Gasteiger partial charge >= 0.3 is 0 Å². The molecule has 0 spiro atoms. The minimum atomic E-state index is -0.365. The zero-order valence-corrected chi connectivity index (χ0v) is 15.5. The lowest BCUT2D eigenvalue weighted by atomic mass is 9.95. The first-order valence-corrected chi connectivity index (χ1v) is 9.00. The molecule has 0 aromatic heterocycles. The number of nitrogens with one attached hydrogen (secondary N) is 2. The summed E-state index contributed by atoms with van der Waals surface area (Å²) in [5.74, 6) is 1.11. The lowest BCUT2D eigenvalue weighted by molar-refractivity contribution is -0.124. The topological polar surface area (TPSA) is 41.1 Å². The summed E-state index contributed by atoms with van der Waals surface area (Å²) in [4.78, 5) is 12.5. The Balaban J connectivity index is 2.86. The minimum Gasteiger partial charge on any atom is -0.338 e. The van der Waals surface area contributed by atoms with Crippen molar-refractivity contribution in [3.8, 4) is 0 Å². The Morgan fingerprint density at radius 1 is 1.13 bits per heavy atom. The zero-order chi connectivity index (χ0) is 17.3. The number of carbonyl (C=O) groups is 1. The second-order valence-corrected chi connectivity index (χ2v) is 7.14. The van der Waals surface area contributed by atoms with Gasteiger partial charge in [-0.2, -0.15) is 0 Å². The van der Waals surface area contributed by atoms with E-state index >= 15 is 0 Å². The Bertz CT molecular complexity index is 458. The van der Waals surface area contributed by atoms with E-state index in [4.69, 9.17) is 0 Å². The van der Waals surface area contributed by atoms with E-state index in [0.717, 1.165) is 25.8 Å². The van der Waals surface area contributed by atoms with Crippen LogP contribution in [0, 0.1) is 11.8 Å². The van der Waals surface area contributed by atoms with E-state index in [1.54, 1.807) is 0 Å². The molecule has 0 saturated heterocycles. The fraction of sp³-hybridized carbons (Fsp3) is 0.650. The van der Waals surface area contributed by atoms with Crippen molar-refractivity contribution in [2.45, 2.75) is 66.0 Å². The summed E-state index contributed by atoms with van der Waals surface area (Å²) >= 11 is 0. The van der Waals surface area contributed by atoms with E-state index in [1.165, 1.54) is 5.56 Å². The summed E-state index contributed by atoms with van der Waals surface area (Å²) in [6, 6.07) is 10.4. The highest BCUT2D eigenvalue weighted by atomic mass is 16.1. The van der Waals surface area contributed by atoms with Crippen molar-refractivity contribution in [1.29, 1.82) is 0 Å². The molecule has 2 N–H and O–H groups in total. The molecule has 2 atom stereocenters. The molecule has 0 unspecified atom stereocenters. The second-order valence-electron chi connectivity index (χ2n) is 7.14. The van der Waals surface area contributed by atoms with Gasteiger partial charge in [0.15, 0.2) is 0 Å². The molecule has 0 aliphatic heterocycles. The first-order valence-electron chi connectivity index (χ1n) is 9.00. The fourth-order valence-electron chi connectivity index (χ4n) is 2.61. The van der Waals surface area contributed by atoms with Gasteiger partial charge in [0, 0.05) is 12.8 Å². The van der Waals surface area contributed by atoms with Crippen LogP contribution in [0.15, 0.2) is 30.3 Å². The largest absolute Gasteiger partial charge is 0.338 e. The SMILES string of the molecule is CC[C@H](C)CC(=O)N[C@@](CC)(Cc1ccccc1)NCC(C)C. The molecule has 1 aromatic rings. The van der Waals surface area contributed by atoms with Crippen LogP contribution in [0.3, 0.4) is 0 Å².